The van der Waals surface area contributed by atoms with E-state index in [-0.39, 0.29) is 23.4 Å². The molecular weight excluding hydrogens is 354 g/mol. The monoisotopic (exact) mass is 379 g/mol. The number of nitrogens with zero attached hydrogens (tertiary/aromatic N) is 3. The summed E-state index contributed by atoms with van der Waals surface area (Å²) in [5.41, 5.74) is -0.480. The van der Waals surface area contributed by atoms with E-state index in [1.165, 1.54) is 25.3 Å². The molecule has 1 aliphatic heterocycles. The van der Waals surface area contributed by atoms with Gasteiger partial charge >= 0.3 is 11.8 Å². The van der Waals surface area contributed by atoms with Crippen LogP contribution in [0.25, 0.3) is 0 Å². The Bertz CT molecular complexity index is 743. The van der Waals surface area contributed by atoms with E-state index >= 15 is 0 Å². The quantitative estimate of drug-likeness (QED) is 0.591. The minimum absolute atomic E-state index is 0.0336. The summed E-state index contributed by atoms with van der Waals surface area (Å²) in [6, 6.07) is 3.82. The Labute approximate surface area is 158 Å². The molecule has 1 saturated heterocycles. The summed E-state index contributed by atoms with van der Waals surface area (Å²) in [5, 5.41) is 11.0. The molecule has 0 radical (unpaired) electrons. The summed E-state index contributed by atoms with van der Waals surface area (Å²) in [7, 11) is 1.32. The molecule has 1 aliphatic rings. The standard InChI is InChI=1S/C18H25N3O6/c1-12-11-19(8-9-20(12)17(23)27-18(2,3)4)16(22)13-6-7-14(21(24)25)15(10-13)26-5/h6-7,10,12H,8-9,11H2,1-5H3/t12-/m0/s1. The van der Waals surface area contributed by atoms with Crippen molar-refractivity contribution >= 4 is 17.7 Å². The minimum atomic E-state index is -0.584. The van der Waals surface area contributed by atoms with Crippen molar-refractivity contribution in [1.29, 1.82) is 0 Å². The second kappa shape index (κ2) is 7.81. The van der Waals surface area contributed by atoms with Gasteiger partial charge in [-0.05, 0) is 33.8 Å². The first kappa shape index (κ1) is 20.5. The van der Waals surface area contributed by atoms with Crippen LogP contribution >= 0.6 is 0 Å². The Hall–Kier alpha value is -2.84. The maximum Gasteiger partial charge on any atom is 0.410 e. The van der Waals surface area contributed by atoms with Gasteiger partial charge in [-0.2, -0.15) is 0 Å². The number of nitro benzene ring substituents is 1. The number of rotatable bonds is 3. The Morgan fingerprint density at radius 2 is 1.93 bits per heavy atom. The lowest BCUT2D eigenvalue weighted by Gasteiger charge is -2.40. The molecule has 2 amide bonds. The first-order valence-electron chi connectivity index (χ1n) is 8.65. The van der Waals surface area contributed by atoms with Gasteiger partial charge in [0.15, 0.2) is 5.75 Å². The zero-order chi connectivity index (χ0) is 20.4. The van der Waals surface area contributed by atoms with Crippen molar-refractivity contribution in [3.05, 3.63) is 33.9 Å². The lowest BCUT2D eigenvalue weighted by Crippen LogP contribution is -2.56. The van der Waals surface area contributed by atoms with Crippen molar-refractivity contribution in [3.8, 4) is 5.75 Å². The molecule has 1 aromatic carbocycles. The number of carbonyl (C=O) groups excluding carboxylic acids is 2. The van der Waals surface area contributed by atoms with Gasteiger partial charge in [-0.15, -0.1) is 0 Å². The summed E-state index contributed by atoms with van der Waals surface area (Å²) < 4.78 is 10.4. The Balaban J connectivity index is 2.10. The maximum atomic E-state index is 12.8. The SMILES string of the molecule is COc1cc(C(=O)N2CCN(C(=O)OC(C)(C)C)[C@@H](C)C2)ccc1[N+](=O)[O-]. The van der Waals surface area contributed by atoms with Crippen LogP contribution in [0.15, 0.2) is 18.2 Å². The molecule has 0 spiro atoms. The van der Waals surface area contributed by atoms with Gasteiger partial charge in [0.1, 0.15) is 5.60 Å². The third-order valence-corrected chi connectivity index (χ3v) is 4.17. The van der Waals surface area contributed by atoms with Crippen molar-refractivity contribution in [3.63, 3.8) is 0 Å². The van der Waals surface area contributed by atoms with Crippen LogP contribution in [0.1, 0.15) is 38.1 Å². The zero-order valence-electron chi connectivity index (χ0n) is 16.2. The number of benzene rings is 1. The van der Waals surface area contributed by atoms with E-state index in [0.717, 1.165) is 0 Å². The van der Waals surface area contributed by atoms with Gasteiger partial charge in [-0.3, -0.25) is 14.9 Å². The van der Waals surface area contributed by atoms with Gasteiger partial charge in [0.2, 0.25) is 0 Å². The molecule has 1 heterocycles. The number of amides is 2. The van der Waals surface area contributed by atoms with Crippen LogP contribution in [0.2, 0.25) is 0 Å². The van der Waals surface area contributed by atoms with Crippen LogP contribution in [0.4, 0.5) is 10.5 Å². The topological polar surface area (TPSA) is 102 Å². The molecule has 9 nitrogen and oxygen atoms in total. The summed E-state index contributed by atoms with van der Waals surface area (Å²) in [5.74, 6) is -0.231. The molecule has 1 fully saturated rings. The molecular formula is C18H25N3O6. The Morgan fingerprint density at radius 1 is 1.26 bits per heavy atom. The van der Waals surface area contributed by atoms with Crippen molar-refractivity contribution < 1.29 is 24.0 Å². The van der Waals surface area contributed by atoms with Crippen molar-refractivity contribution in [1.82, 2.24) is 9.80 Å². The highest BCUT2D eigenvalue weighted by Gasteiger charge is 2.33. The fourth-order valence-corrected chi connectivity index (χ4v) is 2.88. The average molecular weight is 379 g/mol. The first-order chi connectivity index (χ1) is 12.5. The maximum absolute atomic E-state index is 12.8. The Morgan fingerprint density at radius 3 is 2.44 bits per heavy atom. The van der Waals surface area contributed by atoms with E-state index in [2.05, 4.69) is 0 Å². The van der Waals surface area contributed by atoms with E-state index < -0.39 is 16.6 Å². The van der Waals surface area contributed by atoms with E-state index in [0.29, 0.717) is 25.2 Å². The average Bonchev–Trinajstić information content (AvgIpc) is 2.58. The molecule has 0 N–H and O–H groups in total. The predicted octanol–water partition coefficient (Wildman–Crippen LogP) is 2.68. The normalized spacial score (nSPS) is 17.4. The Kier molecular flexibility index (Phi) is 5.92. The van der Waals surface area contributed by atoms with Crippen LogP contribution in [0, 0.1) is 10.1 Å². The lowest BCUT2D eigenvalue weighted by atomic mass is 10.1. The van der Waals surface area contributed by atoms with Crippen LogP contribution in [-0.2, 0) is 4.74 Å². The number of ether oxygens (including phenoxy) is 2. The number of hydrogen-bond donors (Lipinski definition) is 0. The number of carbonyl (C=O) groups is 2. The molecule has 0 saturated carbocycles. The molecule has 9 heteroatoms. The van der Waals surface area contributed by atoms with E-state index in [1.54, 1.807) is 30.6 Å². The fourth-order valence-electron chi connectivity index (χ4n) is 2.88. The van der Waals surface area contributed by atoms with Gasteiger partial charge < -0.3 is 19.3 Å². The van der Waals surface area contributed by atoms with Gasteiger partial charge in [0.05, 0.1) is 12.0 Å². The van der Waals surface area contributed by atoms with Crippen LogP contribution in [0.5, 0.6) is 5.75 Å². The smallest absolute Gasteiger partial charge is 0.410 e. The summed E-state index contributed by atoms with van der Waals surface area (Å²) in [6.07, 6.45) is -0.404. The van der Waals surface area contributed by atoms with Crippen LogP contribution < -0.4 is 4.74 Å². The number of methoxy groups -OCH3 is 1. The van der Waals surface area contributed by atoms with Gasteiger partial charge in [0.25, 0.3) is 5.91 Å². The van der Waals surface area contributed by atoms with Crippen molar-refractivity contribution in [2.75, 3.05) is 26.7 Å². The summed E-state index contributed by atoms with van der Waals surface area (Å²) in [4.78, 5) is 38.7. The second-order valence-electron chi connectivity index (χ2n) is 7.42. The molecule has 0 unspecified atom stereocenters. The molecule has 148 valence electrons. The van der Waals surface area contributed by atoms with Gasteiger partial charge in [-0.1, -0.05) is 0 Å². The van der Waals surface area contributed by atoms with E-state index in [4.69, 9.17) is 9.47 Å². The molecule has 1 aromatic rings. The third-order valence-electron chi connectivity index (χ3n) is 4.17. The lowest BCUT2D eigenvalue weighted by molar-refractivity contribution is -0.385. The number of piperazine rings is 1. The minimum Gasteiger partial charge on any atom is -0.490 e. The zero-order valence-corrected chi connectivity index (χ0v) is 16.2. The predicted molar refractivity (Wildman–Crippen MR) is 98.0 cm³/mol. The van der Waals surface area contributed by atoms with Crippen molar-refractivity contribution in [2.24, 2.45) is 0 Å². The highest BCUT2D eigenvalue weighted by molar-refractivity contribution is 5.95. The van der Waals surface area contributed by atoms with Gasteiger partial charge in [-0.25, -0.2) is 4.79 Å². The molecule has 0 bridgehead atoms. The molecule has 0 aromatic heterocycles. The first-order valence-corrected chi connectivity index (χ1v) is 8.65. The van der Waals surface area contributed by atoms with E-state index in [1.807, 2.05) is 6.92 Å². The molecule has 0 aliphatic carbocycles. The van der Waals surface area contributed by atoms with Crippen LogP contribution in [-0.4, -0.2) is 65.1 Å². The molecule has 1 atom stereocenters. The van der Waals surface area contributed by atoms with Crippen LogP contribution in [0.3, 0.4) is 0 Å². The van der Waals surface area contributed by atoms with E-state index in [9.17, 15) is 19.7 Å². The molecule has 27 heavy (non-hydrogen) atoms. The number of nitro groups is 1. The largest absolute Gasteiger partial charge is 0.490 e. The third kappa shape index (κ3) is 4.87. The number of hydrogen-bond acceptors (Lipinski definition) is 6. The highest BCUT2D eigenvalue weighted by Crippen LogP contribution is 2.28. The van der Waals surface area contributed by atoms with Crippen molar-refractivity contribution in [2.45, 2.75) is 39.3 Å². The second-order valence-corrected chi connectivity index (χ2v) is 7.42. The summed E-state index contributed by atoms with van der Waals surface area (Å²) >= 11 is 0. The highest BCUT2D eigenvalue weighted by atomic mass is 16.6. The van der Waals surface area contributed by atoms with Gasteiger partial charge in [0, 0.05) is 43.4 Å². The summed E-state index contributed by atoms with van der Waals surface area (Å²) in [6.45, 7) is 8.30. The molecule has 2 rings (SSSR count). The fraction of sp³-hybridized carbons (Fsp3) is 0.556.